The maximum Gasteiger partial charge on any atom is 0.240 e. The zero-order chi connectivity index (χ0) is 16.0. The second-order valence-corrected chi connectivity index (χ2v) is 7.33. The van der Waals surface area contributed by atoms with Gasteiger partial charge in [-0.15, -0.1) is 0 Å². The Morgan fingerprint density at radius 2 is 1.91 bits per heavy atom. The molecule has 2 aromatic carbocycles. The highest BCUT2D eigenvalue weighted by atomic mass is 79.9. The van der Waals surface area contributed by atoms with Gasteiger partial charge in [0.05, 0.1) is 11.5 Å². The van der Waals surface area contributed by atoms with Gasteiger partial charge in [-0.2, -0.15) is 0 Å². The van der Waals surface area contributed by atoms with Crippen LogP contribution in [0.4, 0.5) is 0 Å². The molecule has 0 saturated carbocycles. The molecule has 0 aliphatic heterocycles. The number of hydrogen-bond donors (Lipinski definition) is 1. The second kappa shape index (κ2) is 7.76. The first-order chi connectivity index (χ1) is 10.5. The van der Waals surface area contributed by atoms with Crippen LogP contribution < -0.4 is 9.46 Å². The number of halogens is 1. The number of ether oxygens (including phenoxy) is 1. The number of sulfonamides is 1. The van der Waals surface area contributed by atoms with Crippen molar-refractivity contribution in [1.29, 1.82) is 0 Å². The van der Waals surface area contributed by atoms with E-state index in [2.05, 4.69) is 20.7 Å². The minimum atomic E-state index is -3.50. The van der Waals surface area contributed by atoms with Crippen LogP contribution in [0.25, 0.3) is 0 Å². The fourth-order valence-electron chi connectivity index (χ4n) is 2.04. The zero-order valence-electron chi connectivity index (χ0n) is 12.3. The van der Waals surface area contributed by atoms with Crippen LogP contribution in [0.2, 0.25) is 0 Å². The van der Waals surface area contributed by atoms with Crippen LogP contribution in [0.3, 0.4) is 0 Å². The van der Waals surface area contributed by atoms with Crippen molar-refractivity contribution in [1.82, 2.24) is 4.72 Å². The molecule has 22 heavy (non-hydrogen) atoms. The van der Waals surface area contributed by atoms with E-state index >= 15 is 0 Å². The van der Waals surface area contributed by atoms with E-state index < -0.39 is 10.0 Å². The molecule has 0 aliphatic rings. The quantitative estimate of drug-likeness (QED) is 0.797. The van der Waals surface area contributed by atoms with Gasteiger partial charge in [-0.1, -0.05) is 40.2 Å². The molecule has 2 rings (SSSR count). The van der Waals surface area contributed by atoms with E-state index in [1.807, 2.05) is 31.2 Å². The standard InChI is InChI=1S/C16H18BrNO3S/c1-2-21-16-9-4-3-6-13(16)10-11-18-22(19,20)15-8-5-7-14(17)12-15/h3-9,12,18H,2,10-11H2,1H3. The summed E-state index contributed by atoms with van der Waals surface area (Å²) >= 11 is 3.28. The first-order valence-electron chi connectivity index (χ1n) is 6.99. The molecule has 0 aromatic heterocycles. The Kier molecular flexibility index (Phi) is 5.99. The highest BCUT2D eigenvalue weighted by molar-refractivity contribution is 9.10. The molecule has 0 aliphatic carbocycles. The van der Waals surface area contributed by atoms with Gasteiger partial charge in [-0.3, -0.25) is 0 Å². The van der Waals surface area contributed by atoms with Gasteiger partial charge in [0.2, 0.25) is 10.0 Å². The van der Waals surface area contributed by atoms with E-state index in [0.717, 1.165) is 15.8 Å². The molecule has 0 amide bonds. The average Bonchev–Trinajstić information content (AvgIpc) is 2.49. The van der Waals surface area contributed by atoms with E-state index in [9.17, 15) is 8.42 Å². The summed E-state index contributed by atoms with van der Waals surface area (Å²) in [6.07, 6.45) is 0.573. The van der Waals surface area contributed by atoms with Crippen LogP contribution in [0.1, 0.15) is 12.5 Å². The SMILES string of the molecule is CCOc1ccccc1CCNS(=O)(=O)c1cccc(Br)c1. The van der Waals surface area contributed by atoms with E-state index in [4.69, 9.17) is 4.74 Å². The third-order valence-electron chi connectivity index (χ3n) is 3.07. The molecular formula is C16H18BrNO3S. The maximum atomic E-state index is 12.2. The van der Waals surface area contributed by atoms with Crippen LogP contribution in [-0.4, -0.2) is 21.6 Å². The molecule has 6 heteroatoms. The zero-order valence-corrected chi connectivity index (χ0v) is 14.7. The van der Waals surface area contributed by atoms with Gasteiger partial charge in [0.15, 0.2) is 0 Å². The van der Waals surface area contributed by atoms with Crippen molar-refractivity contribution >= 4 is 26.0 Å². The molecule has 0 heterocycles. The molecule has 4 nitrogen and oxygen atoms in total. The van der Waals surface area contributed by atoms with Crippen molar-refractivity contribution < 1.29 is 13.2 Å². The lowest BCUT2D eigenvalue weighted by atomic mass is 10.1. The number of rotatable bonds is 7. The summed E-state index contributed by atoms with van der Waals surface area (Å²) in [5, 5.41) is 0. The van der Waals surface area contributed by atoms with Crippen molar-refractivity contribution in [3.05, 3.63) is 58.6 Å². The minimum absolute atomic E-state index is 0.250. The monoisotopic (exact) mass is 383 g/mol. The number of hydrogen-bond acceptors (Lipinski definition) is 3. The summed E-state index contributed by atoms with van der Waals surface area (Å²) in [7, 11) is -3.50. The third-order valence-corrected chi connectivity index (χ3v) is 5.02. The van der Waals surface area contributed by atoms with E-state index in [1.165, 1.54) is 0 Å². The predicted molar refractivity (Wildman–Crippen MR) is 90.6 cm³/mol. The molecule has 0 bridgehead atoms. The van der Waals surface area contributed by atoms with Crippen molar-refractivity contribution in [2.24, 2.45) is 0 Å². The van der Waals surface area contributed by atoms with Crippen LogP contribution in [-0.2, 0) is 16.4 Å². The summed E-state index contributed by atoms with van der Waals surface area (Å²) in [6, 6.07) is 14.3. The Bertz CT molecular complexity index is 732. The molecule has 0 fully saturated rings. The Balaban J connectivity index is 2.02. The molecule has 118 valence electrons. The van der Waals surface area contributed by atoms with Crippen molar-refractivity contribution in [3.63, 3.8) is 0 Å². The number of benzene rings is 2. The fraction of sp³-hybridized carbons (Fsp3) is 0.250. The summed E-state index contributed by atoms with van der Waals surface area (Å²) in [5.74, 6) is 0.798. The highest BCUT2D eigenvalue weighted by Gasteiger charge is 2.14. The lowest BCUT2D eigenvalue weighted by Gasteiger charge is -2.11. The van der Waals surface area contributed by atoms with Crippen molar-refractivity contribution in [2.75, 3.05) is 13.2 Å². The van der Waals surface area contributed by atoms with Crippen molar-refractivity contribution in [2.45, 2.75) is 18.2 Å². The van der Waals surface area contributed by atoms with Gasteiger partial charge in [0.25, 0.3) is 0 Å². The molecular weight excluding hydrogens is 366 g/mol. The Hall–Kier alpha value is -1.37. The fourth-order valence-corrected chi connectivity index (χ4v) is 3.67. The van der Waals surface area contributed by atoms with Gasteiger partial charge in [0.1, 0.15) is 5.75 Å². The molecule has 0 radical (unpaired) electrons. The van der Waals surface area contributed by atoms with Gasteiger partial charge >= 0.3 is 0 Å². The maximum absolute atomic E-state index is 12.2. The smallest absolute Gasteiger partial charge is 0.240 e. The van der Waals surface area contributed by atoms with Crippen LogP contribution in [0.15, 0.2) is 57.9 Å². The average molecular weight is 384 g/mol. The van der Waals surface area contributed by atoms with Gasteiger partial charge < -0.3 is 4.74 Å². The van der Waals surface area contributed by atoms with Crippen molar-refractivity contribution in [3.8, 4) is 5.75 Å². The normalized spacial score (nSPS) is 11.4. The number of para-hydroxylation sites is 1. The topological polar surface area (TPSA) is 55.4 Å². The van der Waals surface area contributed by atoms with Gasteiger partial charge in [-0.25, -0.2) is 13.1 Å². The lowest BCUT2D eigenvalue weighted by molar-refractivity contribution is 0.336. The van der Waals surface area contributed by atoms with Crippen LogP contribution in [0.5, 0.6) is 5.75 Å². The Labute approximate surface area is 139 Å². The van der Waals surface area contributed by atoms with E-state index in [-0.39, 0.29) is 4.90 Å². The molecule has 0 atom stereocenters. The highest BCUT2D eigenvalue weighted by Crippen LogP contribution is 2.19. The first kappa shape index (κ1) is 17.0. The third kappa shape index (κ3) is 4.56. The molecule has 0 unspecified atom stereocenters. The first-order valence-corrected chi connectivity index (χ1v) is 9.26. The number of nitrogens with one attached hydrogen (secondary N) is 1. The summed E-state index contributed by atoms with van der Waals surface area (Å²) in [6.45, 7) is 2.83. The second-order valence-electron chi connectivity index (χ2n) is 4.65. The summed E-state index contributed by atoms with van der Waals surface area (Å²) < 4.78 is 33.3. The van der Waals surface area contributed by atoms with Gasteiger partial charge in [-0.05, 0) is 43.2 Å². The largest absolute Gasteiger partial charge is 0.494 e. The van der Waals surface area contributed by atoms with E-state index in [1.54, 1.807) is 24.3 Å². The predicted octanol–water partition coefficient (Wildman–Crippen LogP) is 3.37. The minimum Gasteiger partial charge on any atom is -0.494 e. The lowest BCUT2D eigenvalue weighted by Crippen LogP contribution is -2.26. The van der Waals surface area contributed by atoms with Crippen LogP contribution in [0, 0.1) is 0 Å². The molecule has 2 aromatic rings. The summed E-state index contributed by atoms with van der Waals surface area (Å²) in [4.78, 5) is 0.250. The molecule has 0 saturated heterocycles. The van der Waals surface area contributed by atoms with Crippen LogP contribution >= 0.6 is 15.9 Å². The molecule has 1 N–H and O–H groups in total. The Morgan fingerprint density at radius 1 is 1.14 bits per heavy atom. The van der Waals surface area contributed by atoms with Gasteiger partial charge in [0, 0.05) is 11.0 Å². The summed E-state index contributed by atoms with van der Waals surface area (Å²) in [5.41, 5.74) is 0.987. The Morgan fingerprint density at radius 3 is 2.64 bits per heavy atom. The van der Waals surface area contributed by atoms with E-state index in [0.29, 0.717) is 19.6 Å². The molecule has 0 spiro atoms.